The molecule has 0 saturated carbocycles. The van der Waals surface area contributed by atoms with Crippen molar-refractivity contribution >= 4 is 21.6 Å². The van der Waals surface area contributed by atoms with Gasteiger partial charge >= 0.3 is 0 Å². The Balaban J connectivity index is 1.80. The molecule has 0 N–H and O–H groups in total. The van der Waals surface area contributed by atoms with Crippen LogP contribution in [0.2, 0.25) is 0 Å². The monoisotopic (exact) mass is 388 g/mol. The lowest BCUT2D eigenvalue weighted by Gasteiger charge is -2.33. The molecule has 0 atom stereocenters. The first-order valence-electron chi connectivity index (χ1n) is 8.95. The lowest BCUT2D eigenvalue weighted by atomic mass is 10.2. The van der Waals surface area contributed by atoms with Gasteiger partial charge in [-0.2, -0.15) is 0 Å². The van der Waals surface area contributed by atoms with Crippen molar-refractivity contribution in [1.82, 2.24) is 14.8 Å². The minimum atomic E-state index is -3.70. The minimum absolute atomic E-state index is 0.168. The van der Waals surface area contributed by atoms with E-state index in [0.29, 0.717) is 18.8 Å². The number of carbonyl (C=O) groups is 1. The number of carbonyl (C=O) groups excluding carboxylic acids is 1. The zero-order chi connectivity index (χ0) is 19.4. The molecule has 3 rings (SSSR count). The average Bonchev–Trinajstić information content (AvgIpc) is 2.73. The number of amides is 1. The SMILES string of the molecule is CCN1CCN(C(=O)c2cc(N(C)S(=O)(=O)c3ccccc3)ccn2)CC1. The maximum atomic E-state index is 12.8. The summed E-state index contributed by atoms with van der Waals surface area (Å²) in [6.07, 6.45) is 1.47. The quantitative estimate of drug-likeness (QED) is 0.779. The topological polar surface area (TPSA) is 73.8 Å². The number of hydrogen-bond donors (Lipinski definition) is 0. The predicted octanol–water partition coefficient (Wildman–Crippen LogP) is 1.68. The Morgan fingerprint density at radius 2 is 1.78 bits per heavy atom. The largest absolute Gasteiger partial charge is 0.335 e. The highest BCUT2D eigenvalue weighted by atomic mass is 32.2. The first-order valence-corrected chi connectivity index (χ1v) is 10.4. The van der Waals surface area contributed by atoms with E-state index < -0.39 is 10.0 Å². The van der Waals surface area contributed by atoms with Gasteiger partial charge in [-0.05, 0) is 30.8 Å². The molecule has 2 heterocycles. The van der Waals surface area contributed by atoms with E-state index >= 15 is 0 Å². The van der Waals surface area contributed by atoms with E-state index in [1.165, 1.54) is 23.6 Å². The fourth-order valence-corrected chi connectivity index (χ4v) is 4.26. The minimum Gasteiger partial charge on any atom is -0.335 e. The van der Waals surface area contributed by atoms with Crippen LogP contribution in [0.5, 0.6) is 0 Å². The fourth-order valence-electron chi connectivity index (χ4n) is 3.05. The van der Waals surface area contributed by atoms with Crippen molar-refractivity contribution in [1.29, 1.82) is 0 Å². The molecule has 0 radical (unpaired) electrons. The zero-order valence-electron chi connectivity index (χ0n) is 15.6. The van der Waals surface area contributed by atoms with Crippen LogP contribution < -0.4 is 4.31 Å². The van der Waals surface area contributed by atoms with Crippen LogP contribution in [0.4, 0.5) is 5.69 Å². The van der Waals surface area contributed by atoms with Crippen molar-refractivity contribution in [3.63, 3.8) is 0 Å². The van der Waals surface area contributed by atoms with E-state index in [9.17, 15) is 13.2 Å². The number of hydrogen-bond acceptors (Lipinski definition) is 5. The Hall–Kier alpha value is -2.45. The van der Waals surface area contributed by atoms with Gasteiger partial charge in [0.15, 0.2) is 0 Å². The van der Waals surface area contributed by atoms with Gasteiger partial charge in [0.2, 0.25) is 0 Å². The fraction of sp³-hybridized carbons (Fsp3) is 0.368. The highest BCUT2D eigenvalue weighted by Crippen LogP contribution is 2.22. The van der Waals surface area contributed by atoms with Gasteiger partial charge in [-0.3, -0.25) is 14.1 Å². The number of aromatic nitrogens is 1. The second-order valence-electron chi connectivity index (χ2n) is 6.41. The molecule has 8 heteroatoms. The highest BCUT2D eigenvalue weighted by Gasteiger charge is 2.25. The van der Waals surface area contributed by atoms with E-state index in [2.05, 4.69) is 16.8 Å². The second kappa shape index (κ2) is 8.06. The van der Waals surface area contributed by atoms with Gasteiger partial charge in [-0.1, -0.05) is 25.1 Å². The molecule has 1 aliphatic heterocycles. The van der Waals surface area contributed by atoms with E-state index in [0.717, 1.165) is 19.6 Å². The molecule has 1 aliphatic rings. The second-order valence-corrected chi connectivity index (χ2v) is 8.38. The van der Waals surface area contributed by atoms with Gasteiger partial charge in [-0.15, -0.1) is 0 Å². The third-order valence-electron chi connectivity index (χ3n) is 4.83. The third kappa shape index (κ3) is 4.12. The summed E-state index contributed by atoms with van der Waals surface area (Å²) >= 11 is 0. The van der Waals surface area contributed by atoms with Crippen LogP contribution in [-0.2, 0) is 10.0 Å². The number of anilines is 1. The number of benzene rings is 1. The van der Waals surface area contributed by atoms with Gasteiger partial charge < -0.3 is 9.80 Å². The van der Waals surface area contributed by atoms with Crippen molar-refractivity contribution in [2.45, 2.75) is 11.8 Å². The van der Waals surface area contributed by atoms with Crippen LogP contribution in [0, 0.1) is 0 Å². The average molecular weight is 388 g/mol. The molecule has 1 amide bonds. The number of piperazine rings is 1. The van der Waals surface area contributed by atoms with Crippen molar-refractivity contribution < 1.29 is 13.2 Å². The highest BCUT2D eigenvalue weighted by molar-refractivity contribution is 7.92. The van der Waals surface area contributed by atoms with Crippen molar-refractivity contribution in [3.8, 4) is 0 Å². The molecule has 0 bridgehead atoms. The van der Waals surface area contributed by atoms with E-state index in [4.69, 9.17) is 0 Å². The van der Waals surface area contributed by atoms with Crippen molar-refractivity contribution in [3.05, 3.63) is 54.4 Å². The van der Waals surface area contributed by atoms with E-state index in [1.54, 1.807) is 41.3 Å². The summed E-state index contributed by atoms with van der Waals surface area (Å²) in [6, 6.07) is 11.3. The van der Waals surface area contributed by atoms with Crippen LogP contribution in [0.3, 0.4) is 0 Å². The summed E-state index contributed by atoms with van der Waals surface area (Å²) in [5.74, 6) is -0.168. The number of likely N-dealkylation sites (N-methyl/N-ethyl adjacent to an activating group) is 1. The van der Waals surface area contributed by atoms with Crippen molar-refractivity contribution in [2.75, 3.05) is 44.1 Å². The normalized spacial score (nSPS) is 15.6. The summed E-state index contributed by atoms with van der Waals surface area (Å²) in [7, 11) is -2.22. The molecule has 1 aromatic heterocycles. The Kier molecular flexibility index (Phi) is 5.76. The Bertz CT molecular complexity index is 894. The number of rotatable bonds is 5. The molecular formula is C19H24N4O3S. The van der Waals surface area contributed by atoms with Gasteiger partial charge in [0.05, 0.1) is 10.6 Å². The Labute approximate surface area is 160 Å². The molecule has 1 saturated heterocycles. The van der Waals surface area contributed by atoms with Crippen LogP contribution in [0.1, 0.15) is 17.4 Å². The number of pyridine rings is 1. The Morgan fingerprint density at radius 3 is 2.41 bits per heavy atom. The standard InChI is InChI=1S/C19H24N4O3S/c1-3-22-11-13-23(14-12-22)19(24)18-15-16(9-10-20-18)21(2)27(25,26)17-7-5-4-6-8-17/h4-10,15H,3,11-14H2,1-2H3. The molecule has 0 spiro atoms. The lowest BCUT2D eigenvalue weighted by Crippen LogP contribution is -2.48. The third-order valence-corrected chi connectivity index (χ3v) is 6.63. The zero-order valence-corrected chi connectivity index (χ0v) is 16.4. The first kappa shape index (κ1) is 19.3. The molecule has 1 fully saturated rings. The lowest BCUT2D eigenvalue weighted by molar-refractivity contribution is 0.0637. The van der Waals surface area contributed by atoms with Crippen LogP contribution in [0.25, 0.3) is 0 Å². The van der Waals surface area contributed by atoms with Gasteiger partial charge in [-0.25, -0.2) is 8.42 Å². The summed E-state index contributed by atoms with van der Waals surface area (Å²) in [6.45, 7) is 6.05. The van der Waals surface area contributed by atoms with Gasteiger partial charge in [0.1, 0.15) is 5.69 Å². The molecule has 7 nitrogen and oxygen atoms in total. The molecule has 0 aliphatic carbocycles. The molecule has 2 aromatic rings. The van der Waals surface area contributed by atoms with Gasteiger partial charge in [0.25, 0.3) is 15.9 Å². The number of nitrogens with zero attached hydrogens (tertiary/aromatic N) is 4. The van der Waals surface area contributed by atoms with Gasteiger partial charge in [0, 0.05) is 39.4 Å². The van der Waals surface area contributed by atoms with E-state index in [1.807, 2.05) is 0 Å². The number of sulfonamides is 1. The summed E-state index contributed by atoms with van der Waals surface area (Å²) in [4.78, 5) is 21.2. The molecule has 144 valence electrons. The maximum Gasteiger partial charge on any atom is 0.272 e. The molecule has 27 heavy (non-hydrogen) atoms. The van der Waals surface area contributed by atoms with Crippen LogP contribution in [0.15, 0.2) is 53.6 Å². The first-order chi connectivity index (χ1) is 12.9. The van der Waals surface area contributed by atoms with Crippen molar-refractivity contribution in [2.24, 2.45) is 0 Å². The van der Waals surface area contributed by atoms with Crippen LogP contribution in [-0.4, -0.2) is 68.9 Å². The van der Waals surface area contributed by atoms with Crippen LogP contribution >= 0.6 is 0 Å². The predicted molar refractivity (Wildman–Crippen MR) is 104 cm³/mol. The smallest absolute Gasteiger partial charge is 0.272 e. The molecular weight excluding hydrogens is 364 g/mol. The molecule has 1 aromatic carbocycles. The summed E-state index contributed by atoms with van der Waals surface area (Å²) < 4.78 is 26.8. The summed E-state index contributed by atoms with van der Waals surface area (Å²) in [5, 5.41) is 0. The molecule has 0 unspecified atom stereocenters. The summed E-state index contributed by atoms with van der Waals surface area (Å²) in [5.41, 5.74) is 0.664. The van der Waals surface area contributed by atoms with E-state index in [-0.39, 0.29) is 16.5 Å². The maximum absolute atomic E-state index is 12.8. The Morgan fingerprint density at radius 1 is 1.11 bits per heavy atom.